The Labute approximate surface area is 149 Å². The molecular formula is C20H26N4O. The van der Waals surface area contributed by atoms with Crippen LogP contribution in [0.2, 0.25) is 0 Å². The molecule has 2 aromatic rings. The highest BCUT2D eigenvalue weighted by Gasteiger charge is 2.44. The van der Waals surface area contributed by atoms with E-state index in [9.17, 15) is 4.79 Å². The van der Waals surface area contributed by atoms with Gasteiger partial charge in [-0.15, -0.1) is 0 Å². The topological polar surface area (TPSA) is 41.4 Å². The van der Waals surface area contributed by atoms with Crippen LogP contribution in [0.1, 0.15) is 42.7 Å². The van der Waals surface area contributed by atoms with E-state index in [2.05, 4.69) is 28.3 Å². The van der Waals surface area contributed by atoms with Gasteiger partial charge >= 0.3 is 0 Å². The molecule has 2 aliphatic rings. The third-order valence-electron chi connectivity index (χ3n) is 5.68. The molecule has 2 aliphatic heterocycles. The summed E-state index contributed by atoms with van der Waals surface area (Å²) >= 11 is 0. The van der Waals surface area contributed by atoms with Gasteiger partial charge in [0, 0.05) is 44.0 Å². The average Bonchev–Trinajstić information content (AvgIpc) is 3.11. The lowest BCUT2D eigenvalue weighted by atomic mass is 9.85. The number of amides is 1. The van der Waals surface area contributed by atoms with Gasteiger partial charge in [0.2, 0.25) is 0 Å². The second kappa shape index (κ2) is 6.30. The van der Waals surface area contributed by atoms with Crippen LogP contribution in [0.5, 0.6) is 0 Å². The molecule has 1 spiro atoms. The van der Waals surface area contributed by atoms with Gasteiger partial charge in [-0.1, -0.05) is 18.2 Å². The Morgan fingerprint density at radius 3 is 2.76 bits per heavy atom. The van der Waals surface area contributed by atoms with E-state index in [0.29, 0.717) is 6.04 Å². The SMILES string of the molecule is CC(C)N1Cc2cncn2C2(CCCN(C(=O)c3ccccc3)C2)C1. The van der Waals surface area contributed by atoms with Crippen molar-refractivity contribution in [3.8, 4) is 0 Å². The molecule has 1 amide bonds. The van der Waals surface area contributed by atoms with E-state index in [1.54, 1.807) is 0 Å². The Hall–Kier alpha value is -2.14. The summed E-state index contributed by atoms with van der Waals surface area (Å²) in [6, 6.07) is 10.1. The van der Waals surface area contributed by atoms with Crippen LogP contribution >= 0.6 is 0 Å². The van der Waals surface area contributed by atoms with Gasteiger partial charge < -0.3 is 9.47 Å². The molecule has 0 N–H and O–H groups in total. The van der Waals surface area contributed by atoms with Gasteiger partial charge in [-0.3, -0.25) is 9.69 Å². The first-order valence-corrected chi connectivity index (χ1v) is 9.19. The van der Waals surface area contributed by atoms with Gasteiger partial charge in [-0.05, 0) is 38.8 Å². The zero-order chi connectivity index (χ0) is 17.4. The fourth-order valence-electron chi connectivity index (χ4n) is 4.32. The van der Waals surface area contributed by atoms with Crippen molar-refractivity contribution in [2.75, 3.05) is 19.6 Å². The molecule has 3 heterocycles. The Morgan fingerprint density at radius 1 is 1.20 bits per heavy atom. The van der Waals surface area contributed by atoms with Gasteiger partial charge in [0.25, 0.3) is 5.91 Å². The fourth-order valence-corrected chi connectivity index (χ4v) is 4.32. The average molecular weight is 338 g/mol. The summed E-state index contributed by atoms with van der Waals surface area (Å²) < 4.78 is 2.34. The smallest absolute Gasteiger partial charge is 0.253 e. The first-order chi connectivity index (χ1) is 12.1. The summed E-state index contributed by atoms with van der Waals surface area (Å²) in [6.07, 6.45) is 6.07. The second-order valence-corrected chi connectivity index (χ2v) is 7.67. The van der Waals surface area contributed by atoms with E-state index in [4.69, 9.17) is 0 Å². The zero-order valence-electron chi connectivity index (χ0n) is 15.1. The van der Waals surface area contributed by atoms with Crippen LogP contribution in [0.25, 0.3) is 0 Å². The predicted octanol–water partition coefficient (Wildman–Crippen LogP) is 2.74. The molecule has 1 atom stereocenters. The van der Waals surface area contributed by atoms with Crippen molar-refractivity contribution >= 4 is 5.91 Å². The number of nitrogens with zero attached hydrogens (tertiary/aromatic N) is 4. The van der Waals surface area contributed by atoms with Crippen LogP contribution in [0, 0.1) is 0 Å². The fraction of sp³-hybridized carbons (Fsp3) is 0.500. The summed E-state index contributed by atoms with van der Waals surface area (Å²) in [4.78, 5) is 21.9. The maximum absolute atomic E-state index is 13.0. The summed E-state index contributed by atoms with van der Waals surface area (Å²) in [6.45, 7) is 8.00. The molecule has 0 bridgehead atoms. The van der Waals surface area contributed by atoms with Gasteiger partial charge in [-0.25, -0.2) is 4.98 Å². The summed E-state index contributed by atoms with van der Waals surface area (Å²) in [5.41, 5.74) is 1.98. The first kappa shape index (κ1) is 16.3. The van der Waals surface area contributed by atoms with Crippen molar-refractivity contribution in [1.29, 1.82) is 0 Å². The molecule has 1 aromatic carbocycles. The van der Waals surface area contributed by atoms with Crippen LogP contribution < -0.4 is 0 Å². The number of carbonyl (C=O) groups is 1. The number of fused-ring (bicyclic) bond motifs is 2. The number of hydrogen-bond acceptors (Lipinski definition) is 3. The number of imidazole rings is 1. The van der Waals surface area contributed by atoms with Crippen molar-refractivity contribution in [3.05, 3.63) is 54.1 Å². The molecule has 1 unspecified atom stereocenters. The maximum Gasteiger partial charge on any atom is 0.253 e. The van der Waals surface area contributed by atoms with Crippen LogP contribution in [-0.2, 0) is 12.1 Å². The molecule has 0 aliphatic carbocycles. The third kappa shape index (κ3) is 2.86. The molecular weight excluding hydrogens is 312 g/mol. The lowest BCUT2D eigenvalue weighted by Crippen LogP contribution is -2.60. The highest BCUT2D eigenvalue weighted by atomic mass is 16.2. The van der Waals surface area contributed by atoms with E-state index in [1.165, 1.54) is 5.69 Å². The van der Waals surface area contributed by atoms with Crippen molar-refractivity contribution in [1.82, 2.24) is 19.4 Å². The Balaban J connectivity index is 1.65. The quantitative estimate of drug-likeness (QED) is 0.845. The summed E-state index contributed by atoms with van der Waals surface area (Å²) in [7, 11) is 0. The van der Waals surface area contributed by atoms with E-state index in [1.807, 2.05) is 47.8 Å². The molecule has 25 heavy (non-hydrogen) atoms. The number of benzene rings is 1. The number of piperidine rings is 1. The molecule has 0 saturated carbocycles. The molecule has 0 radical (unpaired) electrons. The molecule has 132 valence electrons. The lowest BCUT2D eigenvalue weighted by Gasteiger charge is -2.50. The normalized spacial score (nSPS) is 23.9. The number of hydrogen-bond donors (Lipinski definition) is 0. The maximum atomic E-state index is 13.0. The highest BCUT2D eigenvalue weighted by molar-refractivity contribution is 5.94. The summed E-state index contributed by atoms with van der Waals surface area (Å²) in [5.74, 6) is 0.142. The van der Waals surface area contributed by atoms with Crippen molar-refractivity contribution in [2.45, 2.75) is 44.8 Å². The third-order valence-corrected chi connectivity index (χ3v) is 5.68. The monoisotopic (exact) mass is 338 g/mol. The second-order valence-electron chi connectivity index (χ2n) is 7.67. The minimum atomic E-state index is -0.0585. The number of aromatic nitrogens is 2. The van der Waals surface area contributed by atoms with Gasteiger partial charge in [0.05, 0.1) is 17.6 Å². The van der Waals surface area contributed by atoms with Crippen LogP contribution in [0.4, 0.5) is 0 Å². The minimum absolute atomic E-state index is 0.0585. The van der Waals surface area contributed by atoms with Crippen LogP contribution in [0.3, 0.4) is 0 Å². The van der Waals surface area contributed by atoms with Crippen molar-refractivity contribution in [2.24, 2.45) is 0 Å². The number of carbonyl (C=O) groups excluding carboxylic acids is 1. The Bertz CT molecular complexity index is 754. The van der Waals surface area contributed by atoms with Crippen molar-refractivity contribution < 1.29 is 4.79 Å². The van der Waals surface area contributed by atoms with Gasteiger partial charge in [0.15, 0.2) is 0 Å². The van der Waals surface area contributed by atoms with E-state index < -0.39 is 0 Å². The van der Waals surface area contributed by atoms with Gasteiger partial charge in [-0.2, -0.15) is 0 Å². The Morgan fingerprint density at radius 2 is 2.00 bits per heavy atom. The van der Waals surface area contributed by atoms with E-state index in [0.717, 1.165) is 44.6 Å². The molecule has 4 rings (SSSR count). The molecule has 5 heteroatoms. The minimum Gasteiger partial charge on any atom is -0.336 e. The first-order valence-electron chi connectivity index (χ1n) is 9.19. The molecule has 1 saturated heterocycles. The number of rotatable bonds is 2. The standard InChI is InChI=1S/C20H26N4O/c1-16(2)23-12-18-11-21-15-24(18)20(14-23)9-6-10-22(13-20)19(25)17-7-4-3-5-8-17/h3-5,7-8,11,15-16H,6,9-10,12-14H2,1-2H3. The lowest BCUT2D eigenvalue weighted by molar-refractivity contribution is 0.0177. The predicted molar refractivity (Wildman–Crippen MR) is 97.3 cm³/mol. The largest absolute Gasteiger partial charge is 0.336 e. The Kier molecular flexibility index (Phi) is 4.12. The molecule has 5 nitrogen and oxygen atoms in total. The highest BCUT2D eigenvalue weighted by Crippen LogP contribution is 2.36. The van der Waals surface area contributed by atoms with Crippen molar-refractivity contribution in [3.63, 3.8) is 0 Å². The van der Waals surface area contributed by atoms with Crippen LogP contribution in [-0.4, -0.2) is 50.9 Å². The zero-order valence-corrected chi connectivity index (χ0v) is 15.1. The molecule has 1 aromatic heterocycles. The molecule has 1 fully saturated rings. The van der Waals surface area contributed by atoms with E-state index in [-0.39, 0.29) is 11.4 Å². The number of likely N-dealkylation sites (tertiary alicyclic amines) is 1. The van der Waals surface area contributed by atoms with E-state index >= 15 is 0 Å². The summed E-state index contributed by atoms with van der Waals surface area (Å²) in [5, 5.41) is 0. The van der Waals surface area contributed by atoms with Gasteiger partial charge in [0.1, 0.15) is 0 Å². The van der Waals surface area contributed by atoms with Crippen LogP contribution in [0.15, 0.2) is 42.9 Å².